The number of rotatable bonds is 7. The molecule has 0 heterocycles. The van der Waals surface area contributed by atoms with E-state index in [4.69, 9.17) is 10.5 Å². The molecule has 0 bridgehead atoms. The van der Waals surface area contributed by atoms with E-state index in [9.17, 15) is 4.79 Å². The van der Waals surface area contributed by atoms with Crippen LogP contribution in [0.3, 0.4) is 0 Å². The first-order valence-electron chi connectivity index (χ1n) is 8.19. The molecule has 4 nitrogen and oxygen atoms in total. The Balaban J connectivity index is 0.00000288. The summed E-state index contributed by atoms with van der Waals surface area (Å²) >= 11 is 1.74. The van der Waals surface area contributed by atoms with Gasteiger partial charge in [0.15, 0.2) is 0 Å². The van der Waals surface area contributed by atoms with Crippen LogP contribution in [-0.2, 0) is 9.53 Å². The molecule has 0 aliphatic heterocycles. The molecule has 0 saturated heterocycles. The van der Waals surface area contributed by atoms with Crippen molar-refractivity contribution < 1.29 is 9.53 Å². The topological polar surface area (TPSA) is 64.3 Å². The molecule has 136 valence electrons. The summed E-state index contributed by atoms with van der Waals surface area (Å²) < 4.78 is 5.67. The third-order valence-electron chi connectivity index (χ3n) is 4.91. The van der Waals surface area contributed by atoms with Gasteiger partial charge >= 0.3 is 0 Å². The van der Waals surface area contributed by atoms with Crippen molar-refractivity contribution in [3.63, 3.8) is 0 Å². The van der Waals surface area contributed by atoms with E-state index in [1.807, 2.05) is 20.8 Å². The number of hydrogen-bond acceptors (Lipinski definition) is 4. The van der Waals surface area contributed by atoms with Gasteiger partial charge in [-0.2, -0.15) is 0 Å². The first-order valence-corrected chi connectivity index (χ1v) is 9.18. The molecule has 1 aromatic carbocycles. The van der Waals surface area contributed by atoms with Crippen molar-refractivity contribution in [3.8, 4) is 0 Å². The van der Waals surface area contributed by atoms with E-state index in [1.54, 1.807) is 11.8 Å². The largest absolute Gasteiger partial charge is 0.378 e. The van der Waals surface area contributed by atoms with Gasteiger partial charge in [0, 0.05) is 35.6 Å². The van der Waals surface area contributed by atoms with Gasteiger partial charge in [0.25, 0.3) is 0 Å². The van der Waals surface area contributed by atoms with Gasteiger partial charge < -0.3 is 15.8 Å². The highest BCUT2D eigenvalue weighted by atomic mass is 35.5. The highest BCUT2D eigenvalue weighted by Crippen LogP contribution is 2.49. The number of amides is 1. The van der Waals surface area contributed by atoms with Crippen LogP contribution in [0.2, 0.25) is 0 Å². The Morgan fingerprint density at radius 3 is 2.54 bits per heavy atom. The summed E-state index contributed by atoms with van der Waals surface area (Å²) in [5.74, 6) is 0.767. The number of benzene rings is 1. The van der Waals surface area contributed by atoms with Gasteiger partial charge in [0.1, 0.15) is 5.54 Å². The molecule has 0 aromatic heterocycles. The summed E-state index contributed by atoms with van der Waals surface area (Å²) in [7, 11) is 0. The van der Waals surface area contributed by atoms with Gasteiger partial charge in [-0.05, 0) is 26.0 Å². The number of ether oxygens (including phenoxy) is 1. The second-order valence-corrected chi connectivity index (χ2v) is 7.93. The average molecular weight is 373 g/mol. The number of carbonyl (C=O) groups is 1. The molecule has 3 N–H and O–H groups in total. The highest BCUT2D eigenvalue weighted by Gasteiger charge is 2.62. The molecule has 2 atom stereocenters. The Morgan fingerprint density at radius 2 is 2.00 bits per heavy atom. The zero-order valence-corrected chi connectivity index (χ0v) is 16.6. The Labute approximate surface area is 155 Å². The van der Waals surface area contributed by atoms with E-state index in [-0.39, 0.29) is 29.8 Å². The number of carbonyl (C=O) groups excluding carboxylic acids is 1. The lowest BCUT2D eigenvalue weighted by atomic mass is 9.54. The minimum atomic E-state index is -0.832. The Hall–Kier alpha value is -0.750. The second kappa shape index (κ2) is 8.56. The Morgan fingerprint density at radius 1 is 1.38 bits per heavy atom. The van der Waals surface area contributed by atoms with Crippen LogP contribution >= 0.6 is 24.2 Å². The van der Waals surface area contributed by atoms with Crippen LogP contribution in [0.25, 0.3) is 0 Å². The summed E-state index contributed by atoms with van der Waals surface area (Å²) in [5, 5.41) is 2.98. The lowest BCUT2D eigenvalue weighted by molar-refractivity contribution is -0.170. The van der Waals surface area contributed by atoms with Crippen LogP contribution in [0.5, 0.6) is 0 Å². The molecule has 1 amide bonds. The molecular formula is C18H29ClN2O2S. The van der Waals surface area contributed by atoms with E-state index in [1.165, 1.54) is 10.5 Å². The molecule has 1 fully saturated rings. The van der Waals surface area contributed by atoms with Gasteiger partial charge in [-0.15, -0.1) is 24.2 Å². The summed E-state index contributed by atoms with van der Waals surface area (Å²) in [6.45, 7) is 9.33. The molecule has 0 spiro atoms. The third-order valence-corrected chi connectivity index (χ3v) is 5.93. The smallest absolute Gasteiger partial charge is 0.240 e. The Kier molecular flexibility index (Phi) is 7.60. The van der Waals surface area contributed by atoms with Crippen LogP contribution in [0.15, 0.2) is 29.2 Å². The summed E-state index contributed by atoms with van der Waals surface area (Å²) in [4.78, 5) is 13.7. The maximum Gasteiger partial charge on any atom is 0.240 e. The predicted octanol–water partition coefficient (Wildman–Crippen LogP) is 3.16. The number of nitrogens with one attached hydrogen (secondary N) is 1. The van der Waals surface area contributed by atoms with Crippen molar-refractivity contribution >= 4 is 30.1 Å². The van der Waals surface area contributed by atoms with Crippen molar-refractivity contribution in [1.82, 2.24) is 5.32 Å². The van der Waals surface area contributed by atoms with Crippen LogP contribution in [0, 0.1) is 12.3 Å². The fourth-order valence-corrected chi connectivity index (χ4v) is 3.71. The van der Waals surface area contributed by atoms with Gasteiger partial charge in [-0.25, -0.2) is 0 Å². The molecule has 0 radical (unpaired) electrons. The molecule has 1 aliphatic rings. The molecule has 1 aliphatic carbocycles. The maximum absolute atomic E-state index is 12.5. The highest BCUT2D eigenvalue weighted by molar-refractivity contribution is 7.99. The molecule has 2 rings (SSSR count). The minimum absolute atomic E-state index is 0. The van der Waals surface area contributed by atoms with Crippen molar-refractivity contribution in [2.45, 2.75) is 50.7 Å². The van der Waals surface area contributed by atoms with Crippen LogP contribution in [0.4, 0.5) is 0 Å². The van der Waals surface area contributed by atoms with E-state index in [0.717, 1.165) is 5.75 Å². The van der Waals surface area contributed by atoms with E-state index < -0.39 is 5.54 Å². The van der Waals surface area contributed by atoms with E-state index in [2.05, 4.69) is 36.5 Å². The van der Waals surface area contributed by atoms with Crippen LogP contribution < -0.4 is 11.1 Å². The first kappa shape index (κ1) is 21.3. The molecule has 2 unspecified atom stereocenters. The third kappa shape index (κ3) is 4.26. The first-order chi connectivity index (χ1) is 10.8. The zero-order valence-electron chi connectivity index (χ0n) is 14.9. The zero-order chi connectivity index (χ0) is 17.1. The fraction of sp³-hybridized carbons (Fsp3) is 0.611. The molecule has 24 heavy (non-hydrogen) atoms. The number of nitrogens with two attached hydrogens (primary N) is 1. The van der Waals surface area contributed by atoms with Crippen molar-refractivity contribution in [2.75, 3.05) is 18.9 Å². The van der Waals surface area contributed by atoms with Gasteiger partial charge in [0.2, 0.25) is 5.91 Å². The fourth-order valence-electron chi connectivity index (χ4n) is 2.95. The van der Waals surface area contributed by atoms with Gasteiger partial charge in [-0.1, -0.05) is 31.5 Å². The summed E-state index contributed by atoms with van der Waals surface area (Å²) in [6, 6.07) is 8.41. The van der Waals surface area contributed by atoms with Crippen molar-refractivity contribution in [2.24, 2.45) is 11.1 Å². The number of thioether (sulfide) groups is 1. The lowest BCUT2D eigenvalue weighted by Gasteiger charge is -2.57. The molecule has 1 saturated carbocycles. The van der Waals surface area contributed by atoms with E-state index >= 15 is 0 Å². The normalized spacial score (nSPS) is 24.6. The number of hydrogen-bond donors (Lipinski definition) is 2. The standard InChI is InChI=1S/C18H28N2O2S.ClH/c1-5-22-15-12-18(19,17(15,3)4)16(21)20-10-11-23-14-8-6-13(2)7-9-14;/h6-9,15H,5,10-12,19H2,1-4H3,(H,20,21);1H. The second-order valence-electron chi connectivity index (χ2n) is 6.76. The maximum atomic E-state index is 12.5. The SMILES string of the molecule is CCOC1CC(N)(C(=O)NCCSc2ccc(C)cc2)C1(C)C.Cl. The summed E-state index contributed by atoms with van der Waals surface area (Å²) in [6.07, 6.45) is 0.648. The number of aryl methyl sites for hydroxylation is 1. The molecule has 6 heteroatoms. The van der Waals surface area contributed by atoms with Gasteiger partial charge in [-0.3, -0.25) is 4.79 Å². The average Bonchev–Trinajstić information content (AvgIpc) is 2.52. The number of halogens is 1. The summed E-state index contributed by atoms with van der Waals surface area (Å²) in [5.41, 5.74) is 6.44. The van der Waals surface area contributed by atoms with E-state index in [0.29, 0.717) is 19.6 Å². The lowest BCUT2D eigenvalue weighted by Crippen LogP contribution is -2.75. The minimum Gasteiger partial charge on any atom is -0.378 e. The monoisotopic (exact) mass is 372 g/mol. The van der Waals surface area contributed by atoms with Crippen molar-refractivity contribution in [3.05, 3.63) is 29.8 Å². The molecule has 1 aromatic rings. The van der Waals surface area contributed by atoms with Gasteiger partial charge in [0.05, 0.1) is 6.10 Å². The predicted molar refractivity (Wildman–Crippen MR) is 103 cm³/mol. The van der Waals surface area contributed by atoms with Crippen molar-refractivity contribution in [1.29, 1.82) is 0 Å². The van der Waals surface area contributed by atoms with Crippen LogP contribution in [0.1, 0.15) is 32.8 Å². The van der Waals surface area contributed by atoms with Crippen LogP contribution in [-0.4, -0.2) is 36.5 Å². The molecular weight excluding hydrogens is 344 g/mol. The Bertz CT molecular complexity index is 550. The quantitative estimate of drug-likeness (QED) is 0.570.